The van der Waals surface area contributed by atoms with E-state index in [9.17, 15) is 9.59 Å². The molecule has 0 saturated carbocycles. The standard InChI is InChI=1S/C15H17N3O3/c1-3-10(2)18(9-14(19)20)15(21)11-4-5-12-13(8-11)17-7-6-16-12/h4-8,10H,3,9H2,1-2H3,(H,19,20). The fourth-order valence-corrected chi connectivity index (χ4v) is 2.06. The van der Waals surface area contributed by atoms with Crippen molar-refractivity contribution in [2.75, 3.05) is 6.54 Å². The molecule has 1 N–H and O–H groups in total. The van der Waals surface area contributed by atoms with E-state index in [0.29, 0.717) is 23.0 Å². The summed E-state index contributed by atoms with van der Waals surface area (Å²) in [6.45, 7) is 3.44. The molecule has 1 amide bonds. The molecule has 0 saturated heterocycles. The second-order valence-electron chi connectivity index (χ2n) is 4.84. The molecule has 1 heterocycles. The van der Waals surface area contributed by atoms with Crippen molar-refractivity contribution in [3.8, 4) is 0 Å². The van der Waals surface area contributed by atoms with Gasteiger partial charge in [0.1, 0.15) is 6.54 Å². The predicted molar refractivity (Wildman–Crippen MR) is 78.0 cm³/mol. The fourth-order valence-electron chi connectivity index (χ4n) is 2.06. The first-order valence-electron chi connectivity index (χ1n) is 6.76. The van der Waals surface area contributed by atoms with Gasteiger partial charge in [-0.25, -0.2) is 0 Å². The van der Waals surface area contributed by atoms with Crippen molar-refractivity contribution in [1.29, 1.82) is 0 Å². The van der Waals surface area contributed by atoms with Crippen molar-refractivity contribution in [2.24, 2.45) is 0 Å². The molecule has 0 aliphatic rings. The van der Waals surface area contributed by atoms with Crippen LogP contribution < -0.4 is 0 Å². The molecule has 1 aromatic carbocycles. The van der Waals surface area contributed by atoms with Crippen LogP contribution in [0.25, 0.3) is 11.0 Å². The average Bonchev–Trinajstić information content (AvgIpc) is 2.50. The highest BCUT2D eigenvalue weighted by Crippen LogP contribution is 2.15. The van der Waals surface area contributed by atoms with Crippen LogP contribution in [0, 0.1) is 0 Å². The summed E-state index contributed by atoms with van der Waals surface area (Å²) in [5.41, 5.74) is 1.73. The zero-order chi connectivity index (χ0) is 15.4. The van der Waals surface area contributed by atoms with Crippen LogP contribution in [-0.2, 0) is 4.79 Å². The Hall–Kier alpha value is -2.50. The van der Waals surface area contributed by atoms with E-state index in [1.165, 1.54) is 4.90 Å². The maximum atomic E-state index is 12.5. The van der Waals surface area contributed by atoms with Crippen molar-refractivity contribution >= 4 is 22.9 Å². The Kier molecular flexibility index (Phi) is 4.47. The summed E-state index contributed by atoms with van der Waals surface area (Å²) in [6.07, 6.45) is 3.83. The molecule has 110 valence electrons. The molecule has 0 spiro atoms. The fraction of sp³-hybridized carbons (Fsp3) is 0.333. The van der Waals surface area contributed by atoms with Gasteiger partial charge in [0.2, 0.25) is 0 Å². The highest BCUT2D eigenvalue weighted by Gasteiger charge is 2.23. The minimum Gasteiger partial charge on any atom is -0.480 e. The first kappa shape index (κ1) is 14.9. The van der Waals surface area contributed by atoms with Crippen molar-refractivity contribution in [3.63, 3.8) is 0 Å². The van der Waals surface area contributed by atoms with E-state index in [4.69, 9.17) is 5.11 Å². The summed E-state index contributed by atoms with van der Waals surface area (Å²) < 4.78 is 0. The van der Waals surface area contributed by atoms with Crippen LogP contribution in [0.3, 0.4) is 0 Å². The molecular formula is C15H17N3O3. The molecule has 0 fully saturated rings. The van der Waals surface area contributed by atoms with E-state index in [-0.39, 0.29) is 18.5 Å². The molecule has 2 rings (SSSR count). The summed E-state index contributed by atoms with van der Waals surface area (Å²) in [6, 6.07) is 4.86. The number of carboxylic acids is 1. The smallest absolute Gasteiger partial charge is 0.323 e. The number of rotatable bonds is 5. The van der Waals surface area contributed by atoms with Crippen LogP contribution in [-0.4, -0.2) is 44.4 Å². The van der Waals surface area contributed by atoms with Crippen molar-refractivity contribution < 1.29 is 14.7 Å². The number of hydrogen-bond donors (Lipinski definition) is 1. The van der Waals surface area contributed by atoms with E-state index in [1.807, 2.05) is 13.8 Å². The first-order chi connectivity index (χ1) is 10.0. The van der Waals surface area contributed by atoms with Gasteiger partial charge in [0.05, 0.1) is 11.0 Å². The van der Waals surface area contributed by atoms with Gasteiger partial charge in [-0.05, 0) is 31.5 Å². The number of benzene rings is 1. The zero-order valence-corrected chi connectivity index (χ0v) is 12.0. The monoisotopic (exact) mass is 287 g/mol. The molecule has 1 unspecified atom stereocenters. The molecule has 0 bridgehead atoms. The molecule has 6 heteroatoms. The van der Waals surface area contributed by atoms with Crippen LogP contribution in [0.4, 0.5) is 0 Å². The third-order valence-corrected chi connectivity index (χ3v) is 3.41. The van der Waals surface area contributed by atoms with E-state index >= 15 is 0 Å². The summed E-state index contributed by atoms with van der Waals surface area (Å²) in [5.74, 6) is -1.33. The third-order valence-electron chi connectivity index (χ3n) is 3.41. The molecule has 1 aromatic heterocycles. The number of fused-ring (bicyclic) bond motifs is 1. The van der Waals surface area contributed by atoms with Crippen LogP contribution in [0.5, 0.6) is 0 Å². The summed E-state index contributed by atoms with van der Waals surface area (Å²) in [4.78, 5) is 33.2. The summed E-state index contributed by atoms with van der Waals surface area (Å²) >= 11 is 0. The Bertz CT molecular complexity index is 672. The Labute approximate surface area is 122 Å². The first-order valence-corrected chi connectivity index (χ1v) is 6.76. The van der Waals surface area contributed by atoms with Gasteiger partial charge in [-0.3, -0.25) is 19.6 Å². The van der Waals surface area contributed by atoms with E-state index < -0.39 is 5.97 Å². The summed E-state index contributed by atoms with van der Waals surface area (Å²) in [7, 11) is 0. The van der Waals surface area contributed by atoms with Gasteiger partial charge in [0.25, 0.3) is 5.91 Å². The molecule has 1 atom stereocenters. The van der Waals surface area contributed by atoms with Gasteiger partial charge in [-0.2, -0.15) is 0 Å². The van der Waals surface area contributed by atoms with Crippen LogP contribution in [0.2, 0.25) is 0 Å². The highest BCUT2D eigenvalue weighted by molar-refractivity contribution is 5.98. The number of carbonyl (C=O) groups is 2. The quantitative estimate of drug-likeness (QED) is 0.908. The molecule has 0 aliphatic carbocycles. The topological polar surface area (TPSA) is 83.4 Å². The van der Waals surface area contributed by atoms with E-state index in [1.54, 1.807) is 30.6 Å². The minimum atomic E-state index is -1.02. The molecule has 2 aromatic rings. The largest absolute Gasteiger partial charge is 0.480 e. The second-order valence-corrected chi connectivity index (χ2v) is 4.84. The zero-order valence-electron chi connectivity index (χ0n) is 12.0. The van der Waals surface area contributed by atoms with E-state index in [2.05, 4.69) is 9.97 Å². The van der Waals surface area contributed by atoms with E-state index in [0.717, 1.165) is 0 Å². The molecular weight excluding hydrogens is 270 g/mol. The lowest BCUT2D eigenvalue weighted by Gasteiger charge is -2.27. The van der Waals surface area contributed by atoms with Gasteiger partial charge < -0.3 is 10.0 Å². The molecule has 6 nitrogen and oxygen atoms in total. The number of amides is 1. The normalized spacial score (nSPS) is 12.1. The minimum absolute atomic E-state index is 0.147. The van der Waals surface area contributed by atoms with Gasteiger partial charge in [-0.1, -0.05) is 6.92 Å². The Balaban J connectivity index is 2.35. The Morgan fingerprint density at radius 3 is 2.52 bits per heavy atom. The van der Waals surface area contributed by atoms with Crippen molar-refractivity contribution in [2.45, 2.75) is 26.3 Å². The van der Waals surface area contributed by atoms with Crippen LogP contribution in [0.1, 0.15) is 30.6 Å². The number of carboxylic acid groups (broad SMARTS) is 1. The van der Waals surface area contributed by atoms with Crippen molar-refractivity contribution in [1.82, 2.24) is 14.9 Å². The highest BCUT2D eigenvalue weighted by atomic mass is 16.4. The Morgan fingerprint density at radius 1 is 1.24 bits per heavy atom. The molecule has 0 radical (unpaired) electrons. The lowest BCUT2D eigenvalue weighted by atomic mass is 10.1. The maximum absolute atomic E-state index is 12.5. The Morgan fingerprint density at radius 2 is 1.90 bits per heavy atom. The SMILES string of the molecule is CCC(C)N(CC(=O)O)C(=O)c1ccc2nccnc2c1. The van der Waals surface area contributed by atoms with Gasteiger partial charge in [0, 0.05) is 24.0 Å². The number of aliphatic carboxylic acids is 1. The lowest BCUT2D eigenvalue weighted by Crippen LogP contribution is -2.41. The van der Waals surface area contributed by atoms with Gasteiger partial charge >= 0.3 is 5.97 Å². The van der Waals surface area contributed by atoms with Gasteiger partial charge in [-0.15, -0.1) is 0 Å². The molecule has 21 heavy (non-hydrogen) atoms. The van der Waals surface area contributed by atoms with Crippen molar-refractivity contribution in [3.05, 3.63) is 36.2 Å². The van der Waals surface area contributed by atoms with Gasteiger partial charge in [0.15, 0.2) is 0 Å². The maximum Gasteiger partial charge on any atom is 0.323 e. The summed E-state index contributed by atoms with van der Waals surface area (Å²) in [5, 5.41) is 8.98. The number of carbonyl (C=O) groups excluding carboxylic acids is 1. The second kappa shape index (κ2) is 6.30. The predicted octanol–water partition coefficient (Wildman–Crippen LogP) is 1.96. The number of hydrogen-bond acceptors (Lipinski definition) is 4. The third kappa shape index (κ3) is 3.34. The number of nitrogens with zero attached hydrogens (tertiary/aromatic N) is 3. The number of aromatic nitrogens is 2. The van der Waals surface area contributed by atoms with Crippen LogP contribution >= 0.6 is 0 Å². The molecule has 0 aliphatic heterocycles. The average molecular weight is 287 g/mol. The lowest BCUT2D eigenvalue weighted by molar-refractivity contribution is -0.138. The van der Waals surface area contributed by atoms with Crippen LogP contribution in [0.15, 0.2) is 30.6 Å².